The number of amides is 4. The summed E-state index contributed by atoms with van der Waals surface area (Å²) in [6.07, 6.45) is 13.8. The predicted octanol–water partition coefficient (Wildman–Crippen LogP) is 4.91. The van der Waals surface area contributed by atoms with Crippen molar-refractivity contribution in [2.24, 2.45) is 17.8 Å². The fourth-order valence-corrected chi connectivity index (χ4v) is 10.7. The third kappa shape index (κ3) is 8.22. The first-order chi connectivity index (χ1) is 27.5. The van der Waals surface area contributed by atoms with Crippen molar-refractivity contribution in [2.45, 2.75) is 125 Å². The van der Waals surface area contributed by atoms with Gasteiger partial charge < -0.3 is 29.7 Å². The average Bonchev–Trinajstić information content (AvgIpc) is 3.98. The Balaban J connectivity index is 1.14. The van der Waals surface area contributed by atoms with Gasteiger partial charge in [0, 0.05) is 29.4 Å². The van der Waals surface area contributed by atoms with Crippen LogP contribution < -0.4 is 24.8 Å². The topological polar surface area (TPSA) is 182 Å². The summed E-state index contributed by atoms with van der Waals surface area (Å²) >= 11 is 0. The molecule has 1 aromatic heterocycles. The summed E-state index contributed by atoms with van der Waals surface area (Å²) in [7, 11) is -2.31. The predicted molar refractivity (Wildman–Crippen MR) is 211 cm³/mol. The van der Waals surface area contributed by atoms with E-state index < -0.39 is 68.7 Å². The molecule has 1 aromatic carbocycles. The SMILES string of the molecule is C=C[C@@H]1C[C@]1(NC(=O)[C@@H]1C[C@@H]2CN1C(=O)[C@H](C1CCCC1)NC(=O)O[C@@H]1CCC[C@H]1CCCC=Cc1cc3ccc(OC)cc3nc1O2)C(=O)NS(=O)(=O)C1CC1. The monoisotopic (exact) mass is 803 g/mol. The molecule has 0 spiro atoms. The second-order valence-electron chi connectivity index (χ2n) is 16.7. The van der Waals surface area contributed by atoms with E-state index in [4.69, 9.17) is 19.2 Å². The quantitative estimate of drug-likeness (QED) is 0.310. The zero-order valence-corrected chi connectivity index (χ0v) is 33.3. The summed E-state index contributed by atoms with van der Waals surface area (Å²) in [6, 6.07) is 5.58. The number of hydrogen-bond donors (Lipinski definition) is 3. The van der Waals surface area contributed by atoms with Gasteiger partial charge >= 0.3 is 6.09 Å². The fraction of sp³-hybridized carbons (Fsp3) is 0.595. The zero-order valence-electron chi connectivity index (χ0n) is 32.5. The number of pyridine rings is 1. The molecular weight excluding hydrogens is 751 g/mol. The maximum Gasteiger partial charge on any atom is 0.408 e. The number of allylic oxidation sites excluding steroid dienone is 1. The minimum atomic E-state index is -3.90. The molecule has 6 aliphatic rings. The molecule has 4 amide bonds. The van der Waals surface area contributed by atoms with Gasteiger partial charge in [0.05, 0.1) is 24.4 Å². The van der Waals surface area contributed by atoms with Gasteiger partial charge in [-0.1, -0.05) is 31.1 Å². The number of nitrogens with zero attached hydrogens (tertiary/aromatic N) is 2. The third-order valence-corrected chi connectivity index (χ3v) is 14.7. The number of carbonyl (C=O) groups is 4. The molecule has 3 heterocycles. The van der Waals surface area contributed by atoms with E-state index in [2.05, 4.69) is 28.0 Å². The molecule has 2 aliphatic heterocycles. The van der Waals surface area contributed by atoms with Crippen LogP contribution in [0.2, 0.25) is 0 Å². The van der Waals surface area contributed by atoms with E-state index in [0.29, 0.717) is 30.0 Å². The Morgan fingerprint density at radius 3 is 2.53 bits per heavy atom. The molecule has 1 saturated heterocycles. The van der Waals surface area contributed by atoms with Crippen LogP contribution in [0.15, 0.2) is 43.0 Å². The lowest BCUT2D eigenvalue weighted by Gasteiger charge is -2.32. The van der Waals surface area contributed by atoms with Gasteiger partial charge in [-0.2, -0.15) is 0 Å². The summed E-state index contributed by atoms with van der Waals surface area (Å²) in [6.45, 7) is 3.82. The van der Waals surface area contributed by atoms with Crippen molar-refractivity contribution in [3.63, 3.8) is 0 Å². The van der Waals surface area contributed by atoms with Gasteiger partial charge in [0.25, 0.3) is 5.91 Å². The van der Waals surface area contributed by atoms with Gasteiger partial charge in [0.15, 0.2) is 0 Å². The lowest BCUT2D eigenvalue weighted by Crippen LogP contribution is -2.59. The van der Waals surface area contributed by atoms with Crippen molar-refractivity contribution in [3.05, 3.63) is 48.6 Å². The highest BCUT2D eigenvalue weighted by molar-refractivity contribution is 7.91. The first kappa shape index (κ1) is 39.2. The number of sulfonamides is 1. The Hall–Kier alpha value is -4.66. The van der Waals surface area contributed by atoms with Crippen LogP contribution in [-0.4, -0.2) is 90.9 Å². The van der Waals surface area contributed by atoms with Gasteiger partial charge in [-0.3, -0.25) is 19.1 Å². The highest BCUT2D eigenvalue weighted by Gasteiger charge is 2.62. The average molecular weight is 804 g/mol. The molecule has 57 heavy (non-hydrogen) atoms. The number of carbonyl (C=O) groups excluding carboxylic acids is 4. The van der Waals surface area contributed by atoms with E-state index in [1.807, 2.05) is 30.3 Å². The van der Waals surface area contributed by atoms with Crippen molar-refractivity contribution < 1.29 is 41.8 Å². The molecule has 4 aliphatic carbocycles. The standard InChI is InChI=1S/C42H53N5O9S/c1-3-29-23-42(29,40(50)46-57(52,53)32-18-19-32)45-37(48)34-22-31-24-47(34)39(49)36(26-11-7-8-12-26)44-41(51)56-35-15-9-14-25(35)10-5-4-6-13-28-20-27-16-17-30(54-2)21-33(27)43-38(28)55-31/h3,6,13,16-17,20-21,25-26,29,31-32,34-36H,1,4-5,7-12,14-15,18-19,22-24H2,2H3,(H,44,51)(H,45,48)(H,46,50)/t25-,29-,31-,34+,35-,36+,42-/m1/s1. The molecule has 4 saturated carbocycles. The van der Waals surface area contributed by atoms with Crippen molar-refractivity contribution in [1.82, 2.24) is 25.2 Å². The number of aromatic nitrogens is 1. The van der Waals surface area contributed by atoms with E-state index in [0.717, 1.165) is 75.2 Å². The molecule has 15 heteroatoms. The second kappa shape index (κ2) is 15.9. The van der Waals surface area contributed by atoms with E-state index in [1.54, 1.807) is 7.11 Å². The number of fused-ring (bicyclic) bond motifs is 5. The number of nitrogens with one attached hydrogen (secondary N) is 3. The molecule has 0 unspecified atom stereocenters. The van der Waals surface area contributed by atoms with Gasteiger partial charge in [0.2, 0.25) is 27.7 Å². The molecule has 0 radical (unpaired) electrons. The number of rotatable bonds is 8. The van der Waals surface area contributed by atoms with Crippen LogP contribution in [0.1, 0.15) is 95.5 Å². The molecule has 8 rings (SSSR count). The Kier molecular flexibility index (Phi) is 11.0. The number of benzene rings is 1. The molecule has 3 N–H and O–H groups in total. The Morgan fingerprint density at radius 1 is 1.02 bits per heavy atom. The lowest BCUT2D eigenvalue weighted by molar-refractivity contribution is -0.142. The first-order valence-electron chi connectivity index (χ1n) is 20.6. The van der Waals surface area contributed by atoms with E-state index in [9.17, 15) is 27.6 Å². The summed E-state index contributed by atoms with van der Waals surface area (Å²) in [4.78, 5) is 63.0. The van der Waals surface area contributed by atoms with Crippen molar-refractivity contribution in [2.75, 3.05) is 13.7 Å². The van der Waals surface area contributed by atoms with Gasteiger partial charge in [-0.25, -0.2) is 18.2 Å². The van der Waals surface area contributed by atoms with Gasteiger partial charge in [0.1, 0.15) is 35.6 Å². The van der Waals surface area contributed by atoms with Crippen molar-refractivity contribution in [1.29, 1.82) is 0 Å². The van der Waals surface area contributed by atoms with Crippen LogP contribution in [0.25, 0.3) is 17.0 Å². The van der Waals surface area contributed by atoms with Crippen molar-refractivity contribution >= 4 is 50.8 Å². The summed E-state index contributed by atoms with van der Waals surface area (Å²) in [5, 5.41) is 6.06. The lowest BCUT2D eigenvalue weighted by atomic mass is 9.96. The Labute approximate surface area is 333 Å². The molecule has 5 fully saturated rings. The van der Waals surface area contributed by atoms with Crippen LogP contribution >= 0.6 is 0 Å². The van der Waals surface area contributed by atoms with Crippen LogP contribution in [-0.2, 0) is 29.1 Å². The molecule has 14 nitrogen and oxygen atoms in total. The van der Waals surface area contributed by atoms with E-state index in [1.165, 1.54) is 11.0 Å². The van der Waals surface area contributed by atoms with Gasteiger partial charge in [-0.15, -0.1) is 6.58 Å². The minimum Gasteiger partial charge on any atom is -0.497 e. The number of methoxy groups -OCH3 is 1. The van der Waals surface area contributed by atoms with Crippen LogP contribution in [0.5, 0.6) is 11.6 Å². The summed E-state index contributed by atoms with van der Waals surface area (Å²) in [5.41, 5.74) is -0.141. The first-order valence-corrected chi connectivity index (χ1v) is 22.1. The third-order valence-electron chi connectivity index (χ3n) is 12.9. The van der Waals surface area contributed by atoms with Crippen LogP contribution in [0.3, 0.4) is 0 Å². The Morgan fingerprint density at radius 2 is 1.79 bits per heavy atom. The highest BCUT2D eigenvalue weighted by Crippen LogP contribution is 2.46. The second-order valence-corrected chi connectivity index (χ2v) is 18.7. The maximum absolute atomic E-state index is 14.9. The van der Waals surface area contributed by atoms with Gasteiger partial charge in [-0.05, 0) is 101 Å². The largest absolute Gasteiger partial charge is 0.497 e. The summed E-state index contributed by atoms with van der Waals surface area (Å²) in [5.74, 6) is -1.35. The van der Waals surface area contributed by atoms with E-state index >= 15 is 0 Å². The smallest absolute Gasteiger partial charge is 0.408 e. The fourth-order valence-electron chi connectivity index (χ4n) is 9.38. The normalized spacial score (nSPS) is 30.9. The van der Waals surface area contributed by atoms with Crippen molar-refractivity contribution in [3.8, 4) is 11.6 Å². The zero-order chi connectivity index (χ0) is 39.9. The molecule has 2 aromatic rings. The highest BCUT2D eigenvalue weighted by atomic mass is 32.2. The number of ether oxygens (including phenoxy) is 3. The van der Waals surface area contributed by atoms with E-state index in [-0.39, 0.29) is 37.3 Å². The minimum absolute atomic E-state index is 0.00267. The summed E-state index contributed by atoms with van der Waals surface area (Å²) < 4.78 is 46.0. The molecular formula is C42H53N5O9S. The van der Waals surface area contributed by atoms with Crippen LogP contribution in [0, 0.1) is 17.8 Å². The maximum atomic E-state index is 14.9. The molecule has 2 bridgehead atoms. The number of alkyl carbamates (subject to hydrolysis) is 1. The number of hydrogen-bond acceptors (Lipinski definition) is 10. The Bertz CT molecular complexity index is 2060. The molecule has 7 atom stereocenters. The van der Waals surface area contributed by atoms with Crippen LogP contribution in [0.4, 0.5) is 4.79 Å². The molecule has 306 valence electrons.